The standard InChI is InChI=1S/C31H28ClN3O5/c1-21-8-12-25(17-27(21)32)34-30(36)20-39-26-13-9-22(10-14-26)18-33-35-31(37)24-11-15-28(29(16-24)38-2)40-19-23-6-4-3-5-7-23/h3-18H,19-20H2,1-2H3,(H,34,36)(H,35,37)/b33-18+. The Morgan fingerprint density at radius 2 is 1.68 bits per heavy atom. The van der Waals surface area contributed by atoms with Gasteiger partial charge in [0.15, 0.2) is 18.1 Å². The largest absolute Gasteiger partial charge is 0.493 e. The third-order valence-electron chi connectivity index (χ3n) is 5.75. The Kier molecular flexibility index (Phi) is 9.74. The second-order valence-electron chi connectivity index (χ2n) is 8.71. The molecule has 0 aliphatic carbocycles. The minimum atomic E-state index is -0.398. The van der Waals surface area contributed by atoms with Crippen LogP contribution in [-0.2, 0) is 11.4 Å². The zero-order chi connectivity index (χ0) is 28.3. The molecule has 4 aromatic rings. The van der Waals surface area contributed by atoms with E-state index in [1.54, 1.807) is 54.6 Å². The van der Waals surface area contributed by atoms with Crippen LogP contribution in [-0.4, -0.2) is 31.7 Å². The van der Waals surface area contributed by atoms with Gasteiger partial charge in [0.25, 0.3) is 11.8 Å². The summed E-state index contributed by atoms with van der Waals surface area (Å²) in [7, 11) is 1.52. The first kappa shape index (κ1) is 28.2. The third kappa shape index (κ3) is 8.09. The van der Waals surface area contributed by atoms with Crippen LogP contribution in [0.25, 0.3) is 0 Å². The van der Waals surface area contributed by atoms with E-state index in [9.17, 15) is 9.59 Å². The van der Waals surface area contributed by atoms with Gasteiger partial charge < -0.3 is 19.5 Å². The molecule has 0 unspecified atom stereocenters. The van der Waals surface area contributed by atoms with E-state index in [2.05, 4.69) is 15.8 Å². The van der Waals surface area contributed by atoms with Crippen molar-refractivity contribution < 1.29 is 23.8 Å². The number of hydrogen-bond acceptors (Lipinski definition) is 6. The lowest BCUT2D eigenvalue weighted by atomic mass is 10.2. The summed E-state index contributed by atoms with van der Waals surface area (Å²) in [5.41, 5.74) is 6.16. The van der Waals surface area contributed by atoms with E-state index >= 15 is 0 Å². The van der Waals surface area contributed by atoms with Crippen molar-refractivity contribution in [3.63, 3.8) is 0 Å². The normalized spacial score (nSPS) is 10.7. The maximum Gasteiger partial charge on any atom is 0.271 e. The van der Waals surface area contributed by atoms with E-state index in [-0.39, 0.29) is 12.5 Å². The number of anilines is 1. The average molecular weight is 558 g/mol. The molecule has 0 fully saturated rings. The van der Waals surface area contributed by atoms with Crippen LogP contribution in [0, 0.1) is 6.92 Å². The second kappa shape index (κ2) is 13.8. The number of aryl methyl sites for hydroxylation is 1. The van der Waals surface area contributed by atoms with Crippen molar-refractivity contribution in [3.05, 3.63) is 118 Å². The van der Waals surface area contributed by atoms with Crippen molar-refractivity contribution in [2.75, 3.05) is 19.0 Å². The van der Waals surface area contributed by atoms with Gasteiger partial charge in [-0.05, 0) is 78.2 Å². The molecule has 0 atom stereocenters. The Hall–Kier alpha value is -4.82. The highest BCUT2D eigenvalue weighted by atomic mass is 35.5. The molecule has 0 aromatic heterocycles. The van der Waals surface area contributed by atoms with Gasteiger partial charge in [0.05, 0.1) is 13.3 Å². The number of amides is 2. The van der Waals surface area contributed by atoms with E-state index in [0.717, 1.165) is 16.7 Å². The highest BCUT2D eigenvalue weighted by molar-refractivity contribution is 6.31. The number of carbonyl (C=O) groups excluding carboxylic acids is 2. The molecular formula is C31H28ClN3O5. The van der Waals surface area contributed by atoms with Crippen LogP contribution in [0.15, 0.2) is 96.1 Å². The van der Waals surface area contributed by atoms with Crippen molar-refractivity contribution in [1.29, 1.82) is 0 Å². The predicted molar refractivity (Wildman–Crippen MR) is 156 cm³/mol. The van der Waals surface area contributed by atoms with Gasteiger partial charge in [0.1, 0.15) is 12.4 Å². The Morgan fingerprint density at radius 3 is 2.40 bits per heavy atom. The Balaban J connectivity index is 1.25. The minimum Gasteiger partial charge on any atom is -0.493 e. The molecule has 40 heavy (non-hydrogen) atoms. The molecular weight excluding hydrogens is 530 g/mol. The van der Waals surface area contributed by atoms with Crippen LogP contribution in [0.1, 0.15) is 27.0 Å². The van der Waals surface area contributed by atoms with Crippen molar-refractivity contribution in [3.8, 4) is 17.2 Å². The summed E-state index contributed by atoms with van der Waals surface area (Å²) >= 11 is 6.09. The highest BCUT2D eigenvalue weighted by Crippen LogP contribution is 2.29. The van der Waals surface area contributed by atoms with Crippen LogP contribution >= 0.6 is 11.6 Å². The second-order valence-corrected chi connectivity index (χ2v) is 9.12. The zero-order valence-corrected chi connectivity index (χ0v) is 22.8. The number of ether oxygens (including phenoxy) is 3. The van der Waals surface area contributed by atoms with Crippen molar-refractivity contribution in [1.82, 2.24) is 5.43 Å². The van der Waals surface area contributed by atoms with Crippen LogP contribution in [0.5, 0.6) is 17.2 Å². The lowest BCUT2D eigenvalue weighted by Crippen LogP contribution is -2.20. The Morgan fingerprint density at radius 1 is 0.900 bits per heavy atom. The fourth-order valence-electron chi connectivity index (χ4n) is 3.56. The van der Waals surface area contributed by atoms with E-state index < -0.39 is 5.91 Å². The fourth-order valence-corrected chi connectivity index (χ4v) is 3.74. The van der Waals surface area contributed by atoms with Crippen LogP contribution < -0.4 is 25.0 Å². The molecule has 0 aliphatic rings. The maximum absolute atomic E-state index is 12.6. The smallest absolute Gasteiger partial charge is 0.271 e. The van der Waals surface area contributed by atoms with Crippen molar-refractivity contribution in [2.24, 2.45) is 5.10 Å². The summed E-state index contributed by atoms with van der Waals surface area (Å²) in [6.45, 7) is 2.11. The molecule has 9 heteroatoms. The first-order valence-corrected chi connectivity index (χ1v) is 12.8. The Labute approximate surface area is 237 Å². The quantitative estimate of drug-likeness (QED) is 0.174. The number of nitrogens with zero attached hydrogens (tertiary/aromatic N) is 1. The van der Waals surface area contributed by atoms with E-state index in [1.807, 2.05) is 43.3 Å². The van der Waals surface area contributed by atoms with Gasteiger partial charge in [-0.15, -0.1) is 0 Å². The predicted octanol–water partition coefficient (Wildman–Crippen LogP) is 6.02. The van der Waals surface area contributed by atoms with E-state index in [1.165, 1.54) is 13.3 Å². The average Bonchev–Trinajstić information content (AvgIpc) is 2.98. The van der Waals surface area contributed by atoms with Gasteiger partial charge in [-0.1, -0.05) is 48.0 Å². The molecule has 0 saturated heterocycles. The molecule has 0 bridgehead atoms. The molecule has 0 radical (unpaired) electrons. The number of benzene rings is 4. The Bertz CT molecular complexity index is 1490. The van der Waals surface area contributed by atoms with Crippen LogP contribution in [0.3, 0.4) is 0 Å². The fraction of sp³-hybridized carbons (Fsp3) is 0.129. The molecule has 0 saturated carbocycles. The van der Waals surface area contributed by atoms with E-state index in [4.69, 9.17) is 25.8 Å². The highest BCUT2D eigenvalue weighted by Gasteiger charge is 2.11. The molecule has 8 nitrogen and oxygen atoms in total. The number of hydrogen-bond donors (Lipinski definition) is 2. The lowest BCUT2D eigenvalue weighted by Gasteiger charge is -2.12. The summed E-state index contributed by atoms with van der Waals surface area (Å²) in [5.74, 6) is 0.788. The van der Waals surface area contributed by atoms with Gasteiger partial charge in [-0.3, -0.25) is 9.59 Å². The molecule has 4 rings (SSSR count). The molecule has 2 N–H and O–H groups in total. The molecule has 0 spiro atoms. The van der Waals surface area contributed by atoms with Crippen molar-refractivity contribution in [2.45, 2.75) is 13.5 Å². The summed E-state index contributed by atoms with van der Waals surface area (Å²) in [6.07, 6.45) is 1.50. The molecule has 0 heterocycles. The van der Waals surface area contributed by atoms with Gasteiger partial charge in [0, 0.05) is 16.3 Å². The van der Waals surface area contributed by atoms with Gasteiger partial charge in [0.2, 0.25) is 0 Å². The molecule has 4 aromatic carbocycles. The third-order valence-corrected chi connectivity index (χ3v) is 6.16. The number of hydrazone groups is 1. The molecule has 2 amide bonds. The molecule has 204 valence electrons. The topological polar surface area (TPSA) is 98.3 Å². The van der Waals surface area contributed by atoms with E-state index in [0.29, 0.717) is 40.1 Å². The monoisotopic (exact) mass is 557 g/mol. The SMILES string of the molecule is COc1cc(C(=O)N/N=C/c2ccc(OCC(=O)Nc3ccc(C)c(Cl)c3)cc2)ccc1OCc1ccccc1. The van der Waals surface area contributed by atoms with Gasteiger partial charge >= 0.3 is 0 Å². The van der Waals surface area contributed by atoms with Crippen LogP contribution in [0.4, 0.5) is 5.69 Å². The van der Waals surface area contributed by atoms with Gasteiger partial charge in [-0.2, -0.15) is 5.10 Å². The number of methoxy groups -OCH3 is 1. The molecule has 0 aliphatic heterocycles. The zero-order valence-electron chi connectivity index (χ0n) is 22.0. The summed E-state index contributed by atoms with van der Waals surface area (Å²) in [6, 6.07) is 26.9. The first-order valence-electron chi connectivity index (χ1n) is 12.4. The van der Waals surface area contributed by atoms with Gasteiger partial charge in [-0.25, -0.2) is 5.43 Å². The summed E-state index contributed by atoms with van der Waals surface area (Å²) in [4.78, 5) is 24.7. The number of halogens is 1. The summed E-state index contributed by atoms with van der Waals surface area (Å²) < 4.78 is 16.8. The number of nitrogens with one attached hydrogen (secondary N) is 2. The number of carbonyl (C=O) groups is 2. The lowest BCUT2D eigenvalue weighted by molar-refractivity contribution is -0.118. The summed E-state index contributed by atoms with van der Waals surface area (Å²) in [5, 5.41) is 7.34. The van der Waals surface area contributed by atoms with Crippen LogP contribution in [0.2, 0.25) is 5.02 Å². The number of rotatable bonds is 11. The van der Waals surface area contributed by atoms with Crippen molar-refractivity contribution >= 4 is 35.3 Å². The minimum absolute atomic E-state index is 0.158. The maximum atomic E-state index is 12.6. The first-order chi connectivity index (χ1) is 19.4.